The highest BCUT2D eigenvalue weighted by Gasteiger charge is 2.15. The summed E-state index contributed by atoms with van der Waals surface area (Å²) >= 11 is 0. The molecular weight excluding hydrogens is 208 g/mol. The average molecular weight is 232 g/mol. The molecule has 17 heavy (non-hydrogen) atoms. The second kappa shape index (κ2) is 6.06. The average Bonchev–Trinajstić information content (AvgIpc) is 2.27. The van der Waals surface area contributed by atoms with Crippen molar-refractivity contribution in [3.05, 3.63) is 29.8 Å². The van der Waals surface area contributed by atoms with E-state index in [1.165, 1.54) is 43.5 Å². The molecule has 1 aromatic rings. The van der Waals surface area contributed by atoms with Gasteiger partial charge in [0.05, 0.1) is 0 Å². The Morgan fingerprint density at radius 2 is 1.88 bits per heavy atom. The van der Waals surface area contributed by atoms with E-state index in [2.05, 4.69) is 48.6 Å². The summed E-state index contributed by atoms with van der Waals surface area (Å²) in [6.07, 6.45) is 5.73. The summed E-state index contributed by atoms with van der Waals surface area (Å²) in [5, 5.41) is 3.54. The fourth-order valence-corrected chi connectivity index (χ4v) is 2.23. The van der Waals surface area contributed by atoms with Crippen molar-refractivity contribution in [3.63, 3.8) is 0 Å². The number of nitrogens with one attached hydrogen (secondary N) is 1. The zero-order chi connectivity index (χ0) is 12.1. The van der Waals surface area contributed by atoms with Crippen molar-refractivity contribution in [2.75, 3.05) is 25.5 Å². The van der Waals surface area contributed by atoms with Crippen molar-refractivity contribution in [2.45, 2.75) is 32.2 Å². The molecule has 2 nitrogen and oxygen atoms in total. The molecule has 0 spiro atoms. The van der Waals surface area contributed by atoms with E-state index < -0.39 is 0 Å². The van der Waals surface area contributed by atoms with Gasteiger partial charge in [0.1, 0.15) is 0 Å². The lowest BCUT2D eigenvalue weighted by molar-refractivity contribution is 0.292. The number of hydrogen-bond donors (Lipinski definition) is 1. The molecule has 1 aromatic carbocycles. The van der Waals surface area contributed by atoms with Crippen molar-refractivity contribution < 1.29 is 0 Å². The van der Waals surface area contributed by atoms with Crippen LogP contribution in [0.5, 0.6) is 0 Å². The van der Waals surface area contributed by atoms with Gasteiger partial charge in [-0.1, -0.05) is 31.4 Å². The number of rotatable bonds is 6. The first-order valence-corrected chi connectivity index (χ1v) is 6.72. The Labute approximate surface area is 105 Å². The standard InChI is InChI=1S/C15H24N2/c1-17(2)15-8-6-14(7-9-15)12-16-11-10-13-4-3-5-13/h6-9,13,16H,3-5,10-12H2,1-2H3. The van der Waals surface area contributed by atoms with Crippen molar-refractivity contribution in [2.24, 2.45) is 5.92 Å². The molecule has 1 aliphatic rings. The van der Waals surface area contributed by atoms with E-state index >= 15 is 0 Å². The number of hydrogen-bond acceptors (Lipinski definition) is 2. The third kappa shape index (κ3) is 3.74. The van der Waals surface area contributed by atoms with Gasteiger partial charge in [-0.2, -0.15) is 0 Å². The van der Waals surface area contributed by atoms with Crippen LogP contribution < -0.4 is 10.2 Å². The van der Waals surface area contributed by atoms with Gasteiger partial charge in [0.25, 0.3) is 0 Å². The molecule has 1 N–H and O–H groups in total. The molecule has 0 amide bonds. The van der Waals surface area contributed by atoms with E-state index in [1.807, 2.05) is 0 Å². The summed E-state index contributed by atoms with van der Waals surface area (Å²) in [4.78, 5) is 2.13. The Morgan fingerprint density at radius 1 is 1.18 bits per heavy atom. The second-order valence-electron chi connectivity index (χ2n) is 5.32. The van der Waals surface area contributed by atoms with Crippen LogP contribution in [0.4, 0.5) is 5.69 Å². The van der Waals surface area contributed by atoms with Crippen molar-refractivity contribution in [1.29, 1.82) is 0 Å². The van der Waals surface area contributed by atoms with Crippen LogP contribution in [0.15, 0.2) is 24.3 Å². The van der Waals surface area contributed by atoms with Gasteiger partial charge in [-0.3, -0.25) is 0 Å². The summed E-state index contributed by atoms with van der Waals surface area (Å²) in [5.74, 6) is 1.01. The predicted octanol–water partition coefficient (Wildman–Crippen LogP) is 3.03. The minimum absolute atomic E-state index is 1.00. The topological polar surface area (TPSA) is 15.3 Å². The highest BCUT2D eigenvalue weighted by molar-refractivity contribution is 5.45. The zero-order valence-electron chi connectivity index (χ0n) is 11.1. The van der Waals surface area contributed by atoms with Crippen molar-refractivity contribution >= 4 is 5.69 Å². The molecule has 94 valence electrons. The Kier molecular flexibility index (Phi) is 4.43. The van der Waals surface area contributed by atoms with Gasteiger partial charge < -0.3 is 10.2 Å². The van der Waals surface area contributed by atoms with Gasteiger partial charge in [-0.05, 0) is 36.6 Å². The first-order chi connectivity index (χ1) is 8.25. The highest BCUT2D eigenvalue weighted by Crippen LogP contribution is 2.28. The Bertz CT molecular complexity index is 325. The highest BCUT2D eigenvalue weighted by atomic mass is 15.1. The minimum atomic E-state index is 1.00. The molecule has 0 heterocycles. The summed E-state index contributed by atoms with van der Waals surface area (Å²) in [7, 11) is 4.15. The Morgan fingerprint density at radius 3 is 2.41 bits per heavy atom. The smallest absolute Gasteiger partial charge is 0.0361 e. The molecule has 1 aliphatic carbocycles. The monoisotopic (exact) mass is 232 g/mol. The third-order valence-electron chi connectivity index (χ3n) is 3.74. The van der Waals surface area contributed by atoms with Gasteiger partial charge in [-0.15, -0.1) is 0 Å². The van der Waals surface area contributed by atoms with E-state index in [0.29, 0.717) is 0 Å². The normalized spacial score (nSPS) is 15.6. The largest absolute Gasteiger partial charge is 0.378 e. The SMILES string of the molecule is CN(C)c1ccc(CNCCC2CCC2)cc1. The third-order valence-corrected chi connectivity index (χ3v) is 3.74. The molecule has 0 aromatic heterocycles. The van der Waals surface area contributed by atoms with Crippen LogP contribution in [0, 0.1) is 5.92 Å². The molecule has 0 radical (unpaired) electrons. The van der Waals surface area contributed by atoms with Crippen LogP contribution in [-0.4, -0.2) is 20.6 Å². The Balaban J connectivity index is 1.67. The van der Waals surface area contributed by atoms with Crippen LogP contribution >= 0.6 is 0 Å². The quantitative estimate of drug-likeness (QED) is 0.758. The van der Waals surface area contributed by atoms with Crippen LogP contribution in [0.3, 0.4) is 0 Å². The fourth-order valence-electron chi connectivity index (χ4n) is 2.23. The molecule has 0 atom stereocenters. The maximum atomic E-state index is 3.54. The van der Waals surface area contributed by atoms with Crippen molar-refractivity contribution in [1.82, 2.24) is 5.32 Å². The van der Waals surface area contributed by atoms with Crippen LogP contribution in [0.1, 0.15) is 31.2 Å². The van der Waals surface area contributed by atoms with Crippen LogP contribution in [-0.2, 0) is 6.54 Å². The summed E-state index contributed by atoms with van der Waals surface area (Å²) in [5.41, 5.74) is 2.65. The van der Waals surface area contributed by atoms with Gasteiger partial charge in [-0.25, -0.2) is 0 Å². The number of benzene rings is 1. The van der Waals surface area contributed by atoms with E-state index in [0.717, 1.165) is 12.5 Å². The lowest BCUT2D eigenvalue weighted by atomic mass is 9.83. The van der Waals surface area contributed by atoms with E-state index in [9.17, 15) is 0 Å². The molecular formula is C15H24N2. The van der Waals surface area contributed by atoms with Crippen molar-refractivity contribution in [3.8, 4) is 0 Å². The maximum absolute atomic E-state index is 3.54. The number of anilines is 1. The first-order valence-electron chi connectivity index (χ1n) is 6.72. The van der Waals surface area contributed by atoms with E-state index in [1.54, 1.807) is 0 Å². The number of nitrogens with zero attached hydrogens (tertiary/aromatic N) is 1. The van der Waals surface area contributed by atoms with Crippen LogP contribution in [0.25, 0.3) is 0 Å². The molecule has 2 heteroatoms. The molecule has 2 rings (SSSR count). The summed E-state index contributed by atoms with van der Waals surface area (Å²) in [6.45, 7) is 2.17. The van der Waals surface area contributed by atoms with Gasteiger partial charge in [0.2, 0.25) is 0 Å². The van der Waals surface area contributed by atoms with Gasteiger partial charge >= 0.3 is 0 Å². The maximum Gasteiger partial charge on any atom is 0.0361 e. The fraction of sp³-hybridized carbons (Fsp3) is 0.600. The van der Waals surface area contributed by atoms with E-state index in [4.69, 9.17) is 0 Å². The Hall–Kier alpha value is -1.02. The molecule has 0 bridgehead atoms. The molecule has 0 unspecified atom stereocenters. The molecule has 1 fully saturated rings. The first kappa shape index (κ1) is 12.4. The molecule has 0 aliphatic heterocycles. The predicted molar refractivity (Wildman–Crippen MR) is 74.4 cm³/mol. The van der Waals surface area contributed by atoms with E-state index in [-0.39, 0.29) is 0 Å². The van der Waals surface area contributed by atoms with Crippen LogP contribution in [0.2, 0.25) is 0 Å². The summed E-state index contributed by atoms with van der Waals surface area (Å²) in [6, 6.07) is 8.79. The summed E-state index contributed by atoms with van der Waals surface area (Å²) < 4.78 is 0. The lowest BCUT2D eigenvalue weighted by Crippen LogP contribution is -2.21. The molecule has 1 saturated carbocycles. The van der Waals surface area contributed by atoms with Gasteiger partial charge in [0.15, 0.2) is 0 Å². The molecule has 0 saturated heterocycles. The zero-order valence-corrected chi connectivity index (χ0v) is 11.1. The minimum Gasteiger partial charge on any atom is -0.378 e. The van der Waals surface area contributed by atoms with Gasteiger partial charge in [0, 0.05) is 26.3 Å². The lowest BCUT2D eigenvalue weighted by Gasteiger charge is -2.25. The second-order valence-corrected chi connectivity index (χ2v) is 5.32.